The average Bonchev–Trinajstić information content (AvgIpc) is 2.78. The van der Waals surface area contributed by atoms with Crippen molar-refractivity contribution >= 4 is 39.2 Å². The predicted octanol–water partition coefficient (Wildman–Crippen LogP) is 6.24. The summed E-state index contributed by atoms with van der Waals surface area (Å²) in [5.74, 6) is -0.356. The normalized spacial score (nSPS) is 11.1. The molecule has 0 aliphatic carbocycles. The number of hydrogen-bond acceptors (Lipinski definition) is 2. The van der Waals surface area contributed by atoms with Gasteiger partial charge in [0.25, 0.3) is 5.91 Å². The molecule has 0 heterocycles. The van der Waals surface area contributed by atoms with Crippen LogP contribution in [0.25, 0.3) is 0 Å². The van der Waals surface area contributed by atoms with Gasteiger partial charge in [0.15, 0.2) is 0 Å². The lowest BCUT2D eigenvalue weighted by molar-refractivity contribution is -0.137. The van der Waals surface area contributed by atoms with Gasteiger partial charge in [-0.1, -0.05) is 39.7 Å². The molecular formula is C24H21BrF3N3O2. The first kappa shape index (κ1) is 24.3. The number of hydrogen-bond donors (Lipinski definition) is 2. The summed E-state index contributed by atoms with van der Waals surface area (Å²) in [7, 11) is 0. The quantitative estimate of drug-likeness (QED) is 0.404. The number of aryl methyl sites for hydroxylation is 1. The molecule has 172 valence electrons. The van der Waals surface area contributed by atoms with Crippen LogP contribution in [0.3, 0.4) is 0 Å². The molecule has 0 saturated carbocycles. The maximum absolute atomic E-state index is 13.2. The van der Waals surface area contributed by atoms with Crippen molar-refractivity contribution in [3.05, 3.63) is 94.0 Å². The van der Waals surface area contributed by atoms with Crippen LogP contribution in [-0.4, -0.2) is 25.0 Å². The first-order valence-electron chi connectivity index (χ1n) is 10.00. The largest absolute Gasteiger partial charge is 0.416 e. The van der Waals surface area contributed by atoms with E-state index in [4.69, 9.17) is 0 Å². The van der Waals surface area contributed by atoms with E-state index in [2.05, 4.69) is 26.6 Å². The number of anilines is 2. The summed E-state index contributed by atoms with van der Waals surface area (Å²) in [6.45, 7) is 1.89. The van der Waals surface area contributed by atoms with Crippen LogP contribution in [0.2, 0.25) is 0 Å². The highest BCUT2D eigenvalue weighted by atomic mass is 79.9. The van der Waals surface area contributed by atoms with Crippen molar-refractivity contribution in [1.82, 2.24) is 5.32 Å². The maximum atomic E-state index is 13.2. The van der Waals surface area contributed by atoms with Gasteiger partial charge < -0.3 is 10.6 Å². The van der Waals surface area contributed by atoms with Crippen LogP contribution in [0.1, 0.15) is 21.5 Å². The number of nitrogens with zero attached hydrogens (tertiary/aromatic N) is 1. The highest BCUT2D eigenvalue weighted by Crippen LogP contribution is 2.31. The van der Waals surface area contributed by atoms with E-state index in [1.54, 1.807) is 36.4 Å². The van der Waals surface area contributed by atoms with Crippen LogP contribution in [0.15, 0.2) is 77.3 Å². The Kier molecular flexibility index (Phi) is 7.75. The van der Waals surface area contributed by atoms with Crippen LogP contribution >= 0.6 is 15.9 Å². The molecule has 3 aromatic carbocycles. The number of carbonyl (C=O) groups excluding carboxylic acids is 2. The standard InChI is InChI=1S/C24H21BrF3N3O2/c1-16-5-11-20(12-6-16)30-23(33)31(21-4-2-3-18(15-21)24(26,27)28)14-13-29-22(32)17-7-9-19(25)10-8-17/h2-12,15H,13-14H2,1H3,(H,29,32)(H,30,33). The third-order valence-electron chi connectivity index (χ3n) is 4.76. The summed E-state index contributed by atoms with van der Waals surface area (Å²) in [5.41, 5.74) is 1.12. The van der Waals surface area contributed by atoms with Gasteiger partial charge in [0.2, 0.25) is 0 Å². The Morgan fingerprint density at radius 1 is 0.970 bits per heavy atom. The number of nitrogens with one attached hydrogen (secondary N) is 2. The molecule has 5 nitrogen and oxygen atoms in total. The Hall–Kier alpha value is -3.33. The molecule has 0 spiro atoms. The van der Waals surface area contributed by atoms with Gasteiger partial charge in [-0.15, -0.1) is 0 Å². The zero-order chi connectivity index (χ0) is 24.0. The molecule has 9 heteroatoms. The summed E-state index contributed by atoms with van der Waals surface area (Å²) < 4.78 is 40.5. The van der Waals surface area contributed by atoms with E-state index in [-0.39, 0.29) is 24.7 Å². The number of urea groups is 1. The van der Waals surface area contributed by atoms with E-state index in [1.165, 1.54) is 12.1 Å². The summed E-state index contributed by atoms with van der Waals surface area (Å²) >= 11 is 3.30. The number of halogens is 4. The highest BCUT2D eigenvalue weighted by Gasteiger charge is 2.31. The minimum absolute atomic E-state index is 0.0342. The van der Waals surface area contributed by atoms with Gasteiger partial charge in [-0.05, 0) is 61.5 Å². The molecular weight excluding hydrogens is 499 g/mol. The molecule has 33 heavy (non-hydrogen) atoms. The van der Waals surface area contributed by atoms with Gasteiger partial charge >= 0.3 is 12.2 Å². The predicted molar refractivity (Wildman–Crippen MR) is 125 cm³/mol. The van der Waals surface area contributed by atoms with Crippen molar-refractivity contribution in [1.29, 1.82) is 0 Å². The fourth-order valence-electron chi connectivity index (χ4n) is 3.01. The van der Waals surface area contributed by atoms with Gasteiger partial charge in [0, 0.05) is 34.5 Å². The monoisotopic (exact) mass is 519 g/mol. The molecule has 0 aliphatic rings. The fourth-order valence-corrected chi connectivity index (χ4v) is 3.27. The molecule has 0 atom stereocenters. The van der Waals surface area contributed by atoms with Crippen molar-refractivity contribution in [3.8, 4) is 0 Å². The third-order valence-corrected chi connectivity index (χ3v) is 5.29. The number of carbonyl (C=O) groups is 2. The first-order valence-corrected chi connectivity index (χ1v) is 10.8. The fraction of sp³-hybridized carbons (Fsp3) is 0.167. The number of amides is 3. The SMILES string of the molecule is Cc1ccc(NC(=O)N(CCNC(=O)c2ccc(Br)cc2)c2cccc(C(F)(F)F)c2)cc1. The van der Waals surface area contributed by atoms with E-state index in [1.807, 2.05) is 19.1 Å². The summed E-state index contributed by atoms with van der Waals surface area (Å²) in [5, 5.41) is 5.38. The Bertz CT molecular complexity index is 1120. The van der Waals surface area contributed by atoms with Gasteiger partial charge in [-0.3, -0.25) is 9.69 Å². The number of alkyl halides is 3. The van der Waals surface area contributed by atoms with Crippen molar-refractivity contribution in [3.63, 3.8) is 0 Å². The molecule has 0 aromatic heterocycles. The molecule has 0 fully saturated rings. The van der Waals surface area contributed by atoms with E-state index in [0.29, 0.717) is 11.3 Å². The molecule has 0 bridgehead atoms. The summed E-state index contributed by atoms with van der Waals surface area (Å²) in [6, 6.07) is 17.6. The number of benzene rings is 3. The van der Waals surface area contributed by atoms with Gasteiger partial charge in [-0.2, -0.15) is 13.2 Å². The lowest BCUT2D eigenvalue weighted by Gasteiger charge is -2.24. The lowest BCUT2D eigenvalue weighted by atomic mass is 10.2. The zero-order valence-electron chi connectivity index (χ0n) is 17.6. The molecule has 3 aromatic rings. The molecule has 0 aliphatic heterocycles. The van der Waals surface area contributed by atoms with Crippen molar-refractivity contribution < 1.29 is 22.8 Å². The summed E-state index contributed by atoms with van der Waals surface area (Å²) in [4.78, 5) is 26.5. The van der Waals surface area contributed by atoms with Crippen molar-refractivity contribution in [2.24, 2.45) is 0 Å². The maximum Gasteiger partial charge on any atom is 0.416 e. The van der Waals surface area contributed by atoms with Gasteiger partial charge in [0.1, 0.15) is 0 Å². The Balaban J connectivity index is 1.77. The van der Waals surface area contributed by atoms with E-state index < -0.39 is 17.8 Å². The molecule has 3 rings (SSSR count). The molecule has 3 amide bonds. The van der Waals surface area contributed by atoms with Gasteiger partial charge in [-0.25, -0.2) is 4.79 Å². The third kappa shape index (κ3) is 6.82. The second-order valence-electron chi connectivity index (χ2n) is 7.26. The topological polar surface area (TPSA) is 61.4 Å². The molecule has 2 N–H and O–H groups in total. The van der Waals surface area contributed by atoms with Crippen LogP contribution in [0.4, 0.5) is 29.3 Å². The van der Waals surface area contributed by atoms with Gasteiger partial charge in [0.05, 0.1) is 5.56 Å². The van der Waals surface area contributed by atoms with E-state index in [0.717, 1.165) is 27.1 Å². The van der Waals surface area contributed by atoms with Crippen LogP contribution in [0, 0.1) is 6.92 Å². The van der Waals surface area contributed by atoms with E-state index in [9.17, 15) is 22.8 Å². The second-order valence-corrected chi connectivity index (χ2v) is 8.17. The smallest absolute Gasteiger partial charge is 0.350 e. The van der Waals surface area contributed by atoms with E-state index >= 15 is 0 Å². The van der Waals surface area contributed by atoms with Crippen LogP contribution < -0.4 is 15.5 Å². The average molecular weight is 520 g/mol. The first-order chi connectivity index (χ1) is 15.6. The molecule has 0 radical (unpaired) electrons. The van der Waals surface area contributed by atoms with Crippen molar-refractivity contribution in [2.45, 2.75) is 13.1 Å². The minimum Gasteiger partial charge on any atom is -0.350 e. The summed E-state index contributed by atoms with van der Waals surface area (Å²) in [6.07, 6.45) is -4.55. The van der Waals surface area contributed by atoms with Crippen LogP contribution in [0.5, 0.6) is 0 Å². The number of rotatable bonds is 6. The molecule has 0 saturated heterocycles. The Morgan fingerprint density at radius 3 is 2.27 bits per heavy atom. The lowest BCUT2D eigenvalue weighted by Crippen LogP contribution is -2.41. The molecule has 0 unspecified atom stereocenters. The van der Waals surface area contributed by atoms with Crippen molar-refractivity contribution in [2.75, 3.05) is 23.3 Å². The van der Waals surface area contributed by atoms with Crippen LogP contribution in [-0.2, 0) is 6.18 Å². The highest BCUT2D eigenvalue weighted by molar-refractivity contribution is 9.10. The second kappa shape index (κ2) is 10.5. The minimum atomic E-state index is -4.55. The zero-order valence-corrected chi connectivity index (χ0v) is 19.2. The Morgan fingerprint density at radius 2 is 1.64 bits per heavy atom. The Labute approximate surface area is 197 Å².